The van der Waals surface area contributed by atoms with Crippen LogP contribution in [0.4, 0.5) is 0 Å². The molecule has 1 rings (SSSR count). The Morgan fingerprint density at radius 2 is 2.12 bits per heavy atom. The van der Waals surface area contributed by atoms with E-state index in [9.17, 15) is 0 Å². The molecule has 1 heterocycles. The van der Waals surface area contributed by atoms with Crippen LogP contribution in [-0.4, -0.2) is 23.9 Å². The van der Waals surface area contributed by atoms with Gasteiger partial charge in [0, 0.05) is 6.42 Å². The molecule has 0 radical (unpaired) electrons. The van der Waals surface area contributed by atoms with Gasteiger partial charge in [-0.2, -0.15) is 0 Å². The van der Waals surface area contributed by atoms with Gasteiger partial charge in [-0.25, -0.2) is 0 Å². The Morgan fingerprint density at radius 3 is 2.81 bits per heavy atom. The Hall–Kier alpha value is 0.130. The third kappa shape index (κ3) is 6.66. The maximum absolute atomic E-state index is 5.39. The normalized spacial score (nSPS) is 18.8. The van der Waals surface area contributed by atoms with E-state index in [1.54, 1.807) is 0 Å². The third-order valence-electron chi connectivity index (χ3n) is 2.49. The number of hydrogen-bond donors (Lipinski definition) is 0. The molecule has 1 saturated heterocycles. The second-order valence-electron chi connectivity index (χ2n) is 3.98. The summed E-state index contributed by atoms with van der Waals surface area (Å²) in [5, 5.41) is 0. The van der Waals surface area contributed by atoms with Gasteiger partial charge in [0.2, 0.25) is 0 Å². The summed E-state index contributed by atoms with van der Waals surface area (Å²) in [6.45, 7) is 3.67. The van der Waals surface area contributed by atoms with Gasteiger partial charge in [0.15, 0.2) is 6.29 Å². The summed E-state index contributed by atoms with van der Waals surface area (Å²) in [5.41, 5.74) is 1.39. The largest absolute Gasteiger partial charge is 0.350 e. The predicted octanol–water partition coefficient (Wildman–Crippen LogP) is 3.86. The molecule has 0 aliphatic carbocycles. The highest BCUT2D eigenvalue weighted by molar-refractivity contribution is 14.1. The zero-order valence-electron chi connectivity index (χ0n) is 9.95. The van der Waals surface area contributed by atoms with E-state index in [0.29, 0.717) is 0 Å². The number of ether oxygens (including phenoxy) is 2. The van der Waals surface area contributed by atoms with Crippen LogP contribution < -0.4 is 0 Å². The van der Waals surface area contributed by atoms with Crippen molar-refractivity contribution in [2.75, 3.05) is 17.6 Å². The lowest BCUT2D eigenvalue weighted by Crippen LogP contribution is -2.06. The summed E-state index contributed by atoms with van der Waals surface area (Å²) in [4.78, 5) is 0. The standard InChI is InChI=1S/C13H21IO2/c1-12(6-4-2-3-5-9-14)7-8-13-15-10-11-16-13/h2,4,6,13H,3,5,7-11H2,1H3/b4-2+,12-6+. The quantitative estimate of drug-likeness (QED) is 0.304. The van der Waals surface area contributed by atoms with Crippen LogP contribution in [0.1, 0.15) is 32.6 Å². The van der Waals surface area contributed by atoms with Gasteiger partial charge in [-0.05, 0) is 30.6 Å². The minimum atomic E-state index is 0.0337. The smallest absolute Gasteiger partial charge is 0.158 e. The van der Waals surface area contributed by atoms with Gasteiger partial charge in [-0.15, -0.1) is 0 Å². The van der Waals surface area contributed by atoms with Crippen LogP contribution in [0.25, 0.3) is 0 Å². The van der Waals surface area contributed by atoms with Crippen LogP contribution in [0, 0.1) is 0 Å². The molecule has 0 aromatic rings. The van der Waals surface area contributed by atoms with Gasteiger partial charge in [0.25, 0.3) is 0 Å². The van der Waals surface area contributed by atoms with Crippen molar-refractivity contribution in [3.05, 3.63) is 23.8 Å². The van der Waals surface area contributed by atoms with Crippen LogP contribution in [0.5, 0.6) is 0 Å². The number of rotatable bonds is 7. The van der Waals surface area contributed by atoms with Gasteiger partial charge in [-0.1, -0.05) is 46.4 Å². The second kappa shape index (κ2) is 9.19. The number of halogens is 1. The molecule has 3 heteroatoms. The molecule has 0 N–H and O–H groups in total. The third-order valence-corrected chi connectivity index (χ3v) is 3.25. The minimum absolute atomic E-state index is 0.0337. The molecule has 0 aromatic heterocycles. The summed E-state index contributed by atoms with van der Waals surface area (Å²) in [5.74, 6) is 0. The van der Waals surface area contributed by atoms with Gasteiger partial charge >= 0.3 is 0 Å². The molecule has 0 aromatic carbocycles. The van der Waals surface area contributed by atoms with Crippen molar-refractivity contribution in [3.8, 4) is 0 Å². The molecule has 1 aliphatic rings. The number of alkyl halides is 1. The minimum Gasteiger partial charge on any atom is -0.350 e. The Balaban J connectivity index is 2.10. The lowest BCUT2D eigenvalue weighted by Gasteiger charge is -2.07. The molecule has 0 spiro atoms. The van der Waals surface area contributed by atoms with Crippen molar-refractivity contribution >= 4 is 22.6 Å². The molecular weight excluding hydrogens is 315 g/mol. The molecule has 0 amide bonds. The van der Waals surface area contributed by atoms with Crippen LogP contribution in [0.15, 0.2) is 23.8 Å². The van der Waals surface area contributed by atoms with E-state index in [0.717, 1.165) is 26.1 Å². The van der Waals surface area contributed by atoms with E-state index in [1.807, 2.05) is 0 Å². The molecule has 92 valence electrons. The highest BCUT2D eigenvalue weighted by Gasteiger charge is 2.14. The first-order valence-corrected chi connectivity index (χ1v) is 7.47. The summed E-state index contributed by atoms with van der Waals surface area (Å²) in [6.07, 6.45) is 11.1. The molecule has 1 fully saturated rings. The van der Waals surface area contributed by atoms with Gasteiger partial charge < -0.3 is 9.47 Å². The van der Waals surface area contributed by atoms with E-state index >= 15 is 0 Å². The fourth-order valence-corrected chi connectivity index (χ4v) is 1.97. The van der Waals surface area contributed by atoms with E-state index in [1.165, 1.54) is 22.8 Å². The molecule has 0 saturated carbocycles. The van der Waals surface area contributed by atoms with Crippen molar-refractivity contribution in [1.29, 1.82) is 0 Å². The van der Waals surface area contributed by atoms with Crippen molar-refractivity contribution in [3.63, 3.8) is 0 Å². The average molecular weight is 336 g/mol. The van der Waals surface area contributed by atoms with Gasteiger partial charge in [-0.3, -0.25) is 0 Å². The molecule has 1 aliphatic heterocycles. The Labute approximate surface area is 112 Å². The summed E-state index contributed by atoms with van der Waals surface area (Å²) >= 11 is 2.41. The summed E-state index contributed by atoms with van der Waals surface area (Å²) < 4.78 is 12.0. The highest BCUT2D eigenvalue weighted by atomic mass is 127. The Bertz CT molecular complexity index is 230. The number of allylic oxidation sites excluding steroid dienone is 4. The van der Waals surface area contributed by atoms with Crippen LogP contribution in [0.2, 0.25) is 0 Å². The Morgan fingerprint density at radius 1 is 1.38 bits per heavy atom. The molecule has 0 atom stereocenters. The monoisotopic (exact) mass is 336 g/mol. The molecule has 16 heavy (non-hydrogen) atoms. The van der Waals surface area contributed by atoms with Crippen molar-refractivity contribution in [1.82, 2.24) is 0 Å². The van der Waals surface area contributed by atoms with Crippen molar-refractivity contribution < 1.29 is 9.47 Å². The molecular formula is C13H21IO2. The molecule has 0 unspecified atom stereocenters. The predicted molar refractivity (Wildman–Crippen MR) is 75.9 cm³/mol. The van der Waals surface area contributed by atoms with Crippen LogP contribution in [0.3, 0.4) is 0 Å². The molecule has 0 bridgehead atoms. The summed E-state index contributed by atoms with van der Waals surface area (Å²) in [7, 11) is 0. The fraction of sp³-hybridized carbons (Fsp3) is 0.692. The lowest BCUT2D eigenvalue weighted by atomic mass is 10.1. The zero-order valence-corrected chi connectivity index (χ0v) is 12.1. The maximum Gasteiger partial charge on any atom is 0.158 e. The first-order valence-electron chi connectivity index (χ1n) is 5.94. The number of unbranched alkanes of at least 4 members (excludes halogenated alkanes) is 1. The van der Waals surface area contributed by atoms with Crippen LogP contribution >= 0.6 is 22.6 Å². The lowest BCUT2D eigenvalue weighted by molar-refractivity contribution is -0.0461. The average Bonchev–Trinajstić information content (AvgIpc) is 2.79. The van der Waals surface area contributed by atoms with Crippen molar-refractivity contribution in [2.24, 2.45) is 0 Å². The first kappa shape index (κ1) is 14.2. The van der Waals surface area contributed by atoms with E-state index in [2.05, 4.69) is 47.7 Å². The topological polar surface area (TPSA) is 18.5 Å². The van der Waals surface area contributed by atoms with E-state index < -0.39 is 0 Å². The summed E-state index contributed by atoms with van der Waals surface area (Å²) in [6, 6.07) is 0. The van der Waals surface area contributed by atoms with Gasteiger partial charge in [0.1, 0.15) is 0 Å². The van der Waals surface area contributed by atoms with Gasteiger partial charge in [0.05, 0.1) is 13.2 Å². The van der Waals surface area contributed by atoms with Crippen LogP contribution in [-0.2, 0) is 9.47 Å². The Kier molecular flexibility index (Phi) is 8.15. The van der Waals surface area contributed by atoms with Crippen molar-refractivity contribution in [2.45, 2.75) is 38.9 Å². The second-order valence-corrected chi connectivity index (χ2v) is 5.06. The van der Waals surface area contributed by atoms with E-state index in [4.69, 9.17) is 9.47 Å². The number of hydrogen-bond acceptors (Lipinski definition) is 2. The zero-order chi connectivity index (χ0) is 11.6. The maximum atomic E-state index is 5.39. The highest BCUT2D eigenvalue weighted by Crippen LogP contribution is 2.14. The first-order chi connectivity index (χ1) is 7.83. The fourth-order valence-electron chi connectivity index (χ4n) is 1.53. The SMILES string of the molecule is C/C(=C\C=C\CCCI)CCC1OCCO1. The molecule has 2 nitrogen and oxygen atoms in total. The van der Waals surface area contributed by atoms with E-state index in [-0.39, 0.29) is 6.29 Å².